The Labute approximate surface area is 183 Å². The standard InChI is InChI=1S/C22H22N4O2S2/c1-15-21(16-6-8-18(28-2)9-7-16)25-22(30-15)24-20(27)10-12-29-14-17-13-26-11-4-3-5-19(26)23-17/h3-9,11,13H,10,12,14H2,1-2H3,(H,24,25,27). The van der Waals surface area contributed by atoms with Gasteiger partial charge in [0.05, 0.1) is 18.5 Å². The molecule has 1 amide bonds. The van der Waals surface area contributed by atoms with Gasteiger partial charge in [0.1, 0.15) is 11.4 Å². The van der Waals surface area contributed by atoms with Crippen LogP contribution in [0, 0.1) is 6.92 Å². The van der Waals surface area contributed by atoms with E-state index in [2.05, 4.69) is 15.3 Å². The van der Waals surface area contributed by atoms with E-state index in [1.54, 1.807) is 18.9 Å². The number of anilines is 1. The fourth-order valence-electron chi connectivity index (χ4n) is 3.05. The van der Waals surface area contributed by atoms with Crippen molar-refractivity contribution >= 4 is 39.8 Å². The number of pyridine rings is 1. The van der Waals surface area contributed by atoms with Crippen LogP contribution in [0.15, 0.2) is 54.9 Å². The van der Waals surface area contributed by atoms with Gasteiger partial charge in [-0.1, -0.05) is 6.07 Å². The minimum Gasteiger partial charge on any atom is -0.497 e. The molecule has 0 fully saturated rings. The van der Waals surface area contributed by atoms with E-state index < -0.39 is 0 Å². The Morgan fingerprint density at radius 1 is 1.20 bits per heavy atom. The van der Waals surface area contributed by atoms with Crippen LogP contribution in [0.2, 0.25) is 0 Å². The largest absolute Gasteiger partial charge is 0.497 e. The zero-order valence-corrected chi connectivity index (χ0v) is 18.4. The molecule has 0 saturated heterocycles. The van der Waals surface area contributed by atoms with Gasteiger partial charge in [0, 0.05) is 40.8 Å². The molecule has 6 nitrogen and oxygen atoms in total. The van der Waals surface area contributed by atoms with Crippen LogP contribution in [0.5, 0.6) is 5.75 Å². The van der Waals surface area contributed by atoms with Gasteiger partial charge in [-0.15, -0.1) is 11.3 Å². The Hall–Kier alpha value is -2.84. The Kier molecular flexibility index (Phi) is 6.35. The maximum absolute atomic E-state index is 12.3. The second kappa shape index (κ2) is 9.32. The predicted molar refractivity (Wildman–Crippen MR) is 123 cm³/mol. The van der Waals surface area contributed by atoms with Crippen molar-refractivity contribution in [2.45, 2.75) is 19.1 Å². The molecule has 0 aliphatic heterocycles. The number of thioether (sulfide) groups is 1. The fraction of sp³-hybridized carbons (Fsp3) is 0.227. The summed E-state index contributed by atoms with van der Waals surface area (Å²) >= 11 is 3.20. The first-order valence-corrected chi connectivity index (χ1v) is 11.5. The van der Waals surface area contributed by atoms with Crippen molar-refractivity contribution in [2.24, 2.45) is 0 Å². The number of aromatic nitrogens is 3. The molecule has 1 aromatic carbocycles. The van der Waals surface area contributed by atoms with Crippen molar-refractivity contribution in [1.29, 1.82) is 0 Å². The average Bonchev–Trinajstić information content (AvgIpc) is 3.34. The van der Waals surface area contributed by atoms with Crippen LogP contribution in [-0.4, -0.2) is 33.1 Å². The van der Waals surface area contributed by atoms with Crippen molar-refractivity contribution in [1.82, 2.24) is 14.4 Å². The molecule has 0 aliphatic rings. The quantitative estimate of drug-likeness (QED) is 0.391. The van der Waals surface area contributed by atoms with E-state index in [9.17, 15) is 4.79 Å². The van der Waals surface area contributed by atoms with Gasteiger partial charge in [0.25, 0.3) is 0 Å². The molecule has 30 heavy (non-hydrogen) atoms. The van der Waals surface area contributed by atoms with E-state index in [1.165, 1.54) is 11.3 Å². The predicted octanol–water partition coefficient (Wildman–Crippen LogP) is 5.04. The lowest BCUT2D eigenvalue weighted by Gasteiger charge is -2.02. The van der Waals surface area contributed by atoms with Gasteiger partial charge >= 0.3 is 0 Å². The average molecular weight is 439 g/mol. The highest BCUT2D eigenvalue weighted by molar-refractivity contribution is 7.98. The number of amides is 1. The van der Waals surface area contributed by atoms with Crippen molar-refractivity contribution < 1.29 is 9.53 Å². The van der Waals surface area contributed by atoms with Gasteiger partial charge in [0.15, 0.2) is 5.13 Å². The molecule has 4 aromatic rings. The molecule has 3 aromatic heterocycles. The highest BCUT2D eigenvalue weighted by atomic mass is 32.2. The number of fused-ring (bicyclic) bond motifs is 1. The Bertz CT molecular complexity index is 1120. The van der Waals surface area contributed by atoms with E-state index in [0.717, 1.165) is 44.7 Å². The molecule has 0 atom stereocenters. The van der Waals surface area contributed by atoms with Crippen molar-refractivity contribution in [3.63, 3.8) is 0 Å². The van der Waals surface area contributed by atoms with Gasteiger partial charge in [-0.25, -0.2) is 9.97 Å². The number of rotatable bonds is 8. The van der Waals surface area contributed by atoms with Gasteiger partial charge < -0.3 is 14.5 Å². The number of carbonyl (C=O) groups is 1. The Morgan fingerprint density at radius 3 is 2.80 bits per heavy atom. The number of hydrogen-bond acceptors (Lipinski definition) is 6. The Balaban J connectivity index is 1.27. The summed E-state index contributed by atoms with van der Waals surface area (Å²) in [4.78, 5) is 22.6. The van der Waals surface area contributed by atoms with Crippen molar-refractivity contribution in [3.8, 4) is 17.0 Å². The second-order valence-electron chi connectivity index (χ2n) is 6.70. The lowest BCUT2D eigenvalue weighted by molar-refractivity contribution is -0.115. The van der Waals surface area contributed by atoms with Crippen LogP contribution in [0.1, 0.15) is 17.0 Å². The molecule has 1 N–H and O–H groups in total. The minimum absolute atomic E-state index is 0.0208. The highest BCUT2D eigenvalue weighted by Crippen LogP contribution is 2.31. The van der Waals surface area contributed by atoms with Crippen molar-refractivity contribution in [3.05, 3.63) is 65.4 Å². The highest BCUT2D eigenvalue weighted by Gasteiger charge is 2.12. The van der Waals surface area contributed by atoms with E-state index in [4.69, 9.17) is 4.74 Å². The fourth-order valence-corrected chi connectivity index (χ4v) is 4.72. The van der Waals surface area contributed by atoms with Crippen LogP contribution in [0.4, 0.5) is 5.13 Å². The number of imidazole rings is 1. The molecule has 0 bridgehead atoms. The third kappa shape index (κ3) is 4.83. The van der Waals surface area contributed by atoms with E-state index in [0.29, 0.717) is 11.6 Å². The number of aryl methyl sites for hydroxylation is 1. The SMILES string of the molecule is COc1ccc(-c2nc(NC(=O)CCSCc3cn4ccccc4n3)sc2C)cc1. The van der Waals surface area contributed by atoms with E-state index in [1.807, 2.05) is 66.2 Å². The first kappa shape index (κ1) is 20.4. The van der Waals surface area contributed by atoms with Crippen LogP contribution in [-0.2, 0) is 10.5 Å². The molecule has 4 rings (SSSR count). The summed E-state index contributed by atoms with van der Waals surface area (Å²) in [5.41, 5.74) is 3.86. The number of benzene rings is 1. The third-order valence-corrected chi connectivity index (χ3v) is 6.42. The molecule has 0 saturated carbocycles. The first-order chi connectivity index (χ1) is 14.6. The maximum atomic E-state index is 12.3. The Morgan fingerprint density at radius 2 is 2.03 bits per heavy atom. The zero-order chi connectivity index (χ0) is 20.9. The molecule has 0 unspecified atom stereocenters. The van der Waals surface area contributed by atoms with Crippen LogP contribution in [0.25, 0.3) is 16.9 Å². The third-order valence-electron chi connectivity index (χ3n) is 4.54. The van der Waals surface area contributed by atoms with Crippen LogP contribution >= 0.6 is 23.1 Å². The normalized spacial score (nSPS) is 11.0. The first-order valence-electron chi connectivity index (χ1n) is 9.54. The van der Waals surface area contributed by atoms with Crippen LogP contribution in [0.3, 0.4) is 0 Å². The summed E-state index contributed by atoms with van der Waals surface area (Å²) in [5.74, 6) is 2.30. The summed E-state index contributed by atoms with van der Waals surface area (Å²) < 4.78 is 7.21. The number of ether oxygens (including phenoxy) is 1. The summed E-state index contributed by atoms with van der Waals surface area (Å²) in [7, 11) is 1.65. The topological polar surface area (TPSA) is 68.5 Å². The number of methoxy groups -OCH3 is 1. The summed E-state index contributed by atoms with van der Waals surface area (Å²) in [5, 5.41) is 3.56. The lowest BCUT2D eigenvalue weighted by atomic mass is 10.1. The van der Waals surface area contributed by atoms with Gasteiger partial charge in [0.2, 0.25) is 5.91 Å². The lowest BCUT2D eigenvalue weighted by Crippen LogP contribution is -2.12. The summed E-state index contributed by atoms with van der Waals surface area (Å²) in [6, 6.07) is 13.7. The van der Waals surface area contributed by atoms with E-state index in [-0.39, 0.29) is 5.91 Å². The molecule has 154 valence electrons. The molecule has 0 radical (unpaired) electrons. The van der Waals surface area contributed by atoms with Gasteiger partial charge in [-0.05, 0) is 43.3 Å². The van der Waals surface area contributed by atoms with Gasteiger partial charge in [-0.2, -0.15) is 11.8 Å². The smallest absolute Gasteiger partial charge is 0.226 e. The van der Waals surface area contributed by atoms with E-state index >= 15 is 0 Å². The summed E-state index contributed by atoms with van der Waals surface area (Å²) in [6.07, 6.45) is 4.45. The molecule has 0 spiro atoms. The maximum Gasteiger partial charge on any atom is 0.226 e. The second-order valence-corrected chi connectivity index (χ2v) is 9.01. The number of nitrogens with zero attached hydrogens (tertiary/aromatic N) is 3. The van der Waals surface area contributed by atoms with Gasteiger partial charge in [-0.3, -0.25) is 4.79 Å². The molecular weight excluding hydrogens is 416 g/mol. The number of hydrogen-bond donors (Lipinski definition) is 1. The monoisotopic (exact) mass is 438 g/mol. The zero-order valence-electron chi connectivity index (χ0n) is 16.8. The minimum atomic E-state index is -0.0208. The molecule has 3 heterocycles. The number of thiazole rings is 1. The van der Waals surface area contributed by atoms with Crippen molar-refractivity contribution in [2.75, 3.05) is 18.2 Å². The molecular formula is C22H22N4O2S2. The summed E-state index contributed by atoms with van der Waals surface area (Å²) in [6.45, 7) is 2.01. The van der Waals surface area contributed by atoms with Crippen LogP contribution < -0.4 is 10.1 Å². The number of carbonyl (C=O) groups excluding carboxylic acids is 1. The number of nitrogens with one attached hydrogen (secondary N) is 1. The molecule has 8 heteroatoms. The molecule has 0 aliphatic carbocycles.